The van der Waals surface area contributed by atoms with E-state index >= 15 is 0 Å². The van der Waals surface area contributed by atoms with Crippen LogP contribution in [0.3, 0.4) is 0 Å². The van der Waals surface area contributed by atoms with Crippen molar-refractivity contribution >= 4 is 11.6 Å². The summed E-state index contributed by atoms with van der Waals surface area (Å²) in [5.41, 5.74) is 0.809. The SMILES string of the molecule is Cc1c(C(=O)O)nc2ccc(F)cn12. The monoisotopic (exact) mass is 194 g/mol. The first-order chi connectivity index (χ1) is 6.59. The Morgan fingerprint density at radius 2 is 2.29 bits per heavy atom. The number of aromatic carboxylic acids is 1. The zero-order valence-electron chi connectivity index (χ0n) is 7.36. The number of fused-ring (bicyclic) bond motifs is 1. The number of pyridine rings is 1. The maximum absolute atomic E-state index is 12.8. The molecule has 0 aliphatic rings. The highest BCUT2D eigenvalue weighted by Crippen LogP contribution is 2.12. The van der Waals surface area contributed by atoms with Gasteiger partial charge in [-0.2, -0.15) is 0 Å². The fourth-order valence-corrected chi connectivity index (χ4v) is 1.34. The fraction of sp³-hybridized carbons (Fsp3) is 0.111. The van der Waals surface area contributed by atoms with Crippen molar-refractivity contribution < 1.29 is 14.3 Å². The summed E-state index contributed by atoms with van der Waals surface area (Å²) in [6.07, 6.45) is 1.21. The molecule has 0 atom stereocenters. The predicted molar refractivity (Wildman–Crippen MR) is 46.8 cm³/mol. The number of aromatic nitrogens is 2. The lowest BCUT2D eigenvalue weighted by Crippen LogP contribution is -1.99. The molecule has 0 radical (unpaired) electrons. The van der Waals surface area contributed by atoms with Crippen molar-refractivity contribution in [3.05, 3.63) is 35.5 Å². The lowest BCUT2D eigenvalue weighted by Gasteiger charge is -1.95. The molecule has 0 fully saturated rings. The summed E-state index contributed by atoms with van der Waals surface area (Å²) in [6.45, 7) is 1.59. The average Bonchev–Trinajstić information content (AvgIpc) is 2.44. The van der Waals surface area contributed by atoms with Gasteiger partial charge in [0.25, 0.3) is 0 Å². The molecule has 0 unspecified atom stereocenters. The summed E-state index contributed by atoms with van der Waals surface area (Å²) in [7, 11) is 0. The molecule has 0 bridgehead atoms. The van der Waals surface area contributed by atoms with Gasteiger partial charge in [-0.3, -0.25) is 0 Å². The largest absolute Gasteiger partial charge is 0.476 e. The number of nitrogens with zero attached hydrogens (tertiary/aromatic N) is 2. The molecule has 0 aromatic carbocycles. The van der Waals surface area contributed by atoms with Gasteiger partial charge in [-0.15, -0.1) is 0 Å². The van der Waals surface area contributed by atoms with E-state index in [1.165, 1.54) is 22.7 Å². The molecule has 1 N–H and O–H groups in total. The van der Waals surface area contributed by atoms with Crippen molar-refractivity contribution in [3.8, 4) is 0 Å². The third kappa shape index (κ3) is 1.14. The third-order valence-electron chi connectivity index (χ3n) is 2.02. The van der Waals surface area contributed by atoms with E-state index in [9.17, 15) is 9.18 Å². The van der Waals surface area contributed by atoms with Crippen molar-refractivity contribution in [1.29, 1.82) is 0 Å². The van der Waals surface area contributed by atoms with Crippen LogP contribution in [0.2, 0.25) is 0 Å². The molecule has 5 heteroatoms. The molecule has 2 rings (SSSR count). The Labute approximate surface area is 78.6 Å². The van der Waals surface area contributed by atoms with Gasteiger partial charge in [0.05, 0.1) is 5.69 Å². The Morgan fingerprint density at radius 1 is 1.57 bits per heavy atom. The van der Waals surface area contributed by atoms with Crippen LogP contribution in [0.4, 0.5) is 4.39 Å². The topological polar surface area (TPSA) is 54.6 Å². The first-order valence-corrected chi connectivity index (χ1v) is 3.97. The highest BCUT2D eigenvalue weighted by atomic mass is 19.1. The van der Waals surface area contributed by atoms with Crippen LogP contribution in [0.1, 0.15) is 16.2 Å². The molecule has 0 aliphatic carbocycles. The second-order valence-electron chi connectivity index (χ2n) is 2.93. The summed E-state index contributed by atoms with van der Waals surface area (Å²) in [5.74, 6) is -1.53. The fourth-order valence-electron chi connectivity index (χ4n) is 1.34. The number of imidazole rings is 1. The molecule has 2 aromatic heterocycles. The van der Waals surface area contributed by atoms with E-state index in [4.69, 9.17) is 5.11 Å². The number of carboxylic acids is 1. The molecular weight excluding hydrogens is 187 g/mol. The second-order valence-corrected chi connectivity index (χ2v) is 2.93. The van der Waals surface area contributed by atoms with Crippen LogP contribution in [-0.4, -0.2) is 20.5 Å². The summed E-state index contributed by atoms with van der Waals surface area (Å²) < 4.78 is 14.2. The number of carboxylic acid groups (broad SMARTS) is 1. The van der Waals surface area contributed by atoms with Crippen LogP contribution in [0.25, 0.3) is 5.65 Å². The predicted octanol–water partition coefficient (Wildman–Crippen LogP) is 1.48. The number of halogens is 1. The standard InChI is InChI=1S/C9H7FN2O2/c1-5-8(9(13)14)11-7-3-2-6(10)4-12(5)7/h2-4H,1H3,(H,13,14). The number of rotatable bonds is 1. The van der Waals surface area contributed by atoms with Gasteiger partial charge in [-0.1, -0.05) is 0 Å². The van der Waals surface area contributed by atoms with Crippen LogP contribution in [0.5, 0.6) is 0 Å². The van der Waals surface area contributed by atoms with E-state index in [1.807, 2.05) is 0 Å². The van der Waals surface area contributed by atoms with Crippen molar-refractivity contribution in [2.45, 2.75) is 6.92 Å². The van der Waals surface area contributed by atoms with Gasteiger partial charge < -0.3 is 9.51 Å². The van der Waals surface area contributed by atoms with Crippen molar-refractivity contribution in [1.82, 2.24) is 9.38 Å². The van der Waals surface area contributed by atoms with E-state index in [-0.39, 0.29) is 5.69 Å². The Bertz CT molecular complexity index is 519. The van der Waals surface area contributed by atoms with Crippen LogP contribution in [0, 0.1) is 12.7 Å². The van der Waals surface area contributed by atoms with Gasteiger partial charge >= 0.3 is 5.97 Å². The smallest absolute Gasteiger partial charge is 0.356 e. The number of hydrogen-bond acceptors (Lipinski definition) is 2. The minimum Gasteiger partial charge on any atom is -0.476 e. The van der Waals surface area contributed by atoms with E-state index in [0.29, 0.717) is 11.3 Å². The lowest BCUT2D eigenvalue weighted by molar-refractivity contribution is 0.0690. The van der Waals surface area contributed by atoms with Crippen molar-refractivity contribution in [3.63, 3.8) is 0 Å². The van der Waals surface area contributed by atoms with Gasteiger partial charge in [-0.05, 0) is 19.1 Å². The van der Waals surface area contributed by atoms with Gasteiger partial charge in [-0.25, -0.2) is 14.2 Å². The highest BCUT2D eigenvalue weighted by Gasteiger charge is 2.14. The van der Waals surface area contributed by atoms with E-state index < -0.39 is 11.8 Å². The molecular formula is C9H7FN2O2. The Morgan fingerprint density at radius 3 is 2.93 bits per heavy atom. The highest BCUT2D eigenvalue weighted by molar-refractivity contribution is 5.87. The first-order valence-electron chi connectivity index (χ1n) is 3.97. The van der Waals surface area contributed by atoms with Gasteiger partial charge in [0.15, 0.2) is 5.69 Å². The summed E-state index contributed by atoms with van der Waals surface area (Å²) in [4.78, 5) is 14.6. The molecule has 14 heavy (non-hydrogen) atoms. The minimum absolute atomic E-state index is 0.0457. The van der Waals surface area contributed by atoms with Crippen molar-refractivity contribution in [2.24, 2.45) is 0 Å². The summed E-state index contributed by atoms with van der Waals surface area (Å²) >= 11 is 0. The van der Waals surface area contributed by atoms with Gasteiger partial charge in [0.2, 0.25) is 0 Å². The van der Waals surface area contributed by atoms with E-state index in [2.05, 4.69) is 4.98 Å². The lowest BCUT2D eigenvalue weighted by atomic mass is 10.3. The van der Waals surface area contributed by atoms with E-state index in [1.54, 1.807) is 6.92 Å². The quantitative estimate of drug-likeness (QED) is 0.748. The summed E-state index contributed by atoms with van der Waals surface area (Å²) in [6, 6.07) is 2.68. The zero-order valence-corrected chi connectivity index (χ0v) is 7.36. The Balaban J connectivity index is 2.80. The van der Waals surface area contributed by atoms with Crippen LogP contribution in [0.15, 0.2) is 18.3 Å². The third-order valence-corrected chi connectivity index (χ3v) is 2.02. The maximum Gasteiger partial charge on any atom is 0.356 e. The Kier molecular flexibility index (Phi) is 1.73. The van der Waals surface area contributed by atoms with Gasteiger partial charge in [0, 0.05) is 6.20 Å². The molecule has 0 amide bonds. The molecule has 72 valence electrons. The summed E-state index contributed by atoms with van der Waals surface area (Å²) in [5, 5.41) is 8.77. The molecule has 0 saturated carbocycles. The molecule has 0 saturated heterocycles. The zero-order chi connectivity index (χ0) is 10.3. The van der Waals surface area contributed by atoms with Crippen LogP contribution < -0.4 is 0 Å². The molecule has 4 nitrogen and oxygen atoms in total. The van der Waals surface area contributed by atoms with Crippen molar-refractivity contribution in [2.75, 3.05) is 0 Å². The number of carbonyl (C=O) groups is 1. The molecule has 2 aromatic rings. The van der Waals surface area contributed by atoms with Crippen LogP contribution >= 0.6 is 0 Å². The second kappa shape index (κ2) is 2.80. The normalized spacial score (nSPS) is 10.7. The first kappa shape index (κ1) is 8.68. The van der Waals surface area contributed by atoms with Crippen LogP contribution in [-0.2, 0) is 0 Å². The number of aryl methyl sites for hydroxylation is 1. The van der Waals surface area contributed by atoms with E-state index in [0.717, 1.165) is 0 Å². The minimum atomic E-state index is -1.10. The Hall–Kier alpha value is -1.91. The molecule has 0 aliphatic heterocycles. The molecule has 2 heterocycles. The maximum atomic E-state index is 12.8. The van der Waals surface area contributed by atoms with Gasteiger partial charge in [0.1, 0.15) is 11.5 Å². The average molecular weight is 194 g/mol. The molecule has 0 spiro atoms. The number of hydrogen-bond donors (Lipinski definition) is 1.